The van der Waals surface area contributed by atoms with E-state index in [0.717, 1.165) is 17.1 Å². The van der Waals surface area contributed by atoms with Gasteiger partial charge in [0.25, 0.3) is 0 Å². The van der Waals surface area contributed by atoms with Crippen LogP contribution in [0, 0.1) is 6.92 Å². The molecule has 0 aliphatic heterocycles. The first kappa shape index (κ1) is 12.8. The highest BCUT2D eigenvalue weighted by Crippen LogP contribution is 2.20. The Morgan fingerprint density at radius 2 is 2.31 bits per heavy atom. The van der Waals surface area contributed by atoms with Gasteiger partial charge in [0.1, 0.15) is 5.75 Å². The first-order valence-electron chi connectivity index (χ1n) is 4.89. The number of aliphatic carboxylic acids is 1. The normalized spacial score (nSPS) is 12.2. The predicted molar refractivity (Wildman–Crippen MR) is 63.9 cm³/mol. The standard InChI is InChI=1S/C11H15NO3S/c1-7-4-10(15-3)5-9(12-7)6-16-8(2)11(13)14/h4-5,8H,6H2,1-3H3,(H,13,14). The van der Waals surface area contributed by atoms with Gasteiger partial charge in [-0.2, -0.15) is 0 Å². The molecular weight excluding hydrogens is 226 g/mol. The van der Waals surface area contributed by atoms with Gasteiger partial charge in [-0.05, 0) is 13.8 Å². The fourth-order valence-electron chi connectivity index (χ4n) is 1.18. The van der Waals surface area contributed by atoms with Gasteiger partial charge in [-0.3, -0.25) is 9.78 Å². The predicted octanol–water partition coefficient (Wildman–Crippen LogP) is 2.10. The van der Waals surface area contributed by atoms with Crippen molar-refractivity contribution >= 4 is 17.7 Å². The molecule has 1 rings (SSSR count). The van der Waals surface area contributed by atoms with Gasteiger partial charge in [0.05, 0.1) is 18.1 Å². The maximum absolute atomic E-state index is 10.6. The lowest BCUT2D eigenvalue weighted by molar-refractivity contribution is -0.136. The van der Waals surface area contributed by atoms with E-state index in [0.29, 0.717) is 5.75 Å². The molecule has 0 aromatic carbocycles. The lowest BCUT2D eigenvalue weighted by atomic mass is 10.3. The maximum Gasteiger partial charge on any atom is 0.316 e. The number of aromatic nitrogens is 1. The van der Waals surface area contributed by atoms with Crippen LogP contribution in [0.1, 0.15) is 18.3 Å². The van der Waals surface area contributed by atoms with Crippen LogP contribution in [0.15, 0.2) is 12.1 Å². The van der Waals surface area contributed by atoms with Crippen molar-refractivity contribution in [3.63, 3.8) is 0 Å². The van der Waals surface area contributed by atoms with E-state index in [2.05, 4.69) is 4.98 Å². The zero-order valence-corrected chi connectivity index (χ0v) is 10.4. The average Bonchev–Trinajstić information content (AvgIpc) is 2.24. The third-order valence-corrected chi connectivity index (χ3v) is 3.21. The number of hydrogen-bond donors (Lipinski definition) is 1. The molecule has 0 bridgehead atoms. The van der Waals surface area contributed by atoms with Crippen LogP contribution in [0.3, 0.4) is 0 Å². The van der Waals surface area contributed by atoms with Crippen LogP contribution in [0.5, 0.6) is 5.75 Å². The van der Waals surface area contributed by atoms with Crippen molar-refractivity contribution in [1.29, 1.82) is 0 Å². The van der Waals surface area contributed by atoms with Crippen molar-refractivity contribution in [1.82, 2.24) is 4.98 Å². The van der Waals surface area contributed by atoms with Gasteiger partial charge in [-0.15, -0.1) is 11.8 Å². The van der Waals surface area contributed by atoms with E-state index < -0.39 is 11.2 Å². The van der Waals surface area contributed by atoms with Crippen LogP contribution in [0.25, 0.3) is 0 Å². The van der Waals surface area contributed by atoms with E-state index in [9.17, 15) is 4.79 Å². The molecule has 0 radical (unpaired) electrons. The SMILES string of the molecule is COc1cc(C)nc(CSC(C)C(=O)O)c1. The Morgan fingerprint density at radius 3 is 2.88 bits per heavy atom. The first-order valence-corrected chi connectivity index (χ1v) is 5.93. The molecule has 1 heterocycles. The topological polar surface area (TPSA) is 59.4 Å². The highest BCUT2D eigenvalue weighted by molar-refractivity contribution is 7.99. The zero-order valence-electron chi connectivity index (χ0n) is 9.56. The summed E-state index contributed by atoms with van der Waals surface area (Å²) in [6, 6.07) is 3.67. The summed E-state index contributed by atoms with van der Waals surface area (Å²) in [5.74, 6) is 0.529. The summed E-state index contributed by atoms with van der Waals surface area (Å²) in [6.45, 7) is 3.55. The molecule has 0 fully saturated rings. The largest absolute Gasteiger partial charge is 0.497 e. The Morgan fingerprint density at radius 1 is 1.62 bits per heavy atom. The number of pyridine rings is 1. The van der Waals surface area contributed by atoms with Gasteiger partial charge in [-0.25, -0.2) is 0 Å². The number of rotatable bonds is 5. The van der Waals surface area contributed by atoms with Gasteiger partial charge in [0.2, 0.25) is 0 Å². The minimum Gasteiger partial charge on any atom is -0.497 e. The molecule has 1 aromatic heterocycles. The minimum atomic E-state index is -0.801. The van der Waals surface area contributed by atoms with Crippen LogP contribution in [-0.4, -0.2) is 28.4 Å². The van der Waals surface area contributed by atoms with E-state index in [1.165, 1.54) is 11.8 Å². The molecule has 1 unspecified atom stereocenters. The second-order valence-corrected chi connectivity index (χ2v) is 4.76. The number of carboxylic acid groups (broad SMARTS) is 1. The number of ether oxygens (including phenoxy) is 1. The van der Waals surface area contributed by atoms with Gasteiger partial charge >= 0.3 is 5.97 Å². The molecule has 1 aromatic rings. The molecule has 4 nitrogen and oxygen atoms in total. The van der Waals surface area contributed by atoms with Crippen molar-refractivity contribution in [2.24, 2.45) is 0 Å². The minimum absolute atomic E-state index is 0.423. The molecule has 0 amide bonds. The van der Waals surface area contributed by atoms with Crippen LogP contribution in [0.2, 0.25) is 0 Å². The van der Waals surface area contributed by atoms with Crippen LogP contribution < -0.4 is 4.74 Å². The molecule has 0 saturated heterocycles. The second-order valence-electron chi connectivity index (χ2n) is 3.43. The summed E-state index contributed by atoms with van der Waals surface area (Å²) < 4.78 is 5.12. The van der Waals surface area contributed by atoms with E-state index in [1.54, 1.807) is 14.0 Å². The summed E-state index contributed by atoms with van der Waals surface area (Å²) in [7, 11) is 1.60. The number of aryl methyl sites for hydroxylation is 1. The van der Waals surface area contributed by atoms with Gasteiger partial charge in [0.15, 0.2) is 0 Å². The summed E-state index contributed by atoms with van der Waals surface area (Å²) in [5, 5.41) is 8.33. The number of nitrogens with zero attached hydrogens (tertiary/aromatic N) is 1. The Hall–Kier alpha value is -1.23. The van der Waals surface area contributed by atoms with Crippen molar-refractivity contribution in [2.75, 3.05) is 7.11 Å². The molecule has 1 N–H and O–H groups in total. The van der Waals surface area contributed by atoms with E-state index in [-0.39, 0.29) is 0 Å². The van der Waals surface area contributed by atoms with Crippen molar-refractivity contribution in [3.8, 4) is 5.75 Å². The Balaban J connectivity index is 2.66. The highest BCUT2D eigenvalue weighted by Gasteiger charge is 2.11. The molecule has 0 aliphatic carbocycles. The monoisotopic (exact) mass is 241 g/mol. The summed E-state index contributed by atoms with van der Waals surface area (Å²) in [4.78, 5) is 15.0. The lowest BCUT2D eigenvalue weighted by Gasteiger charge is -2.08. The van der Waals surface area contributed by atoms with Crippen molar-refractivity contribution < 1.29 is 14.6 Å². The number of methoxy groups -OCH3 is 1. The van der Waals surface area contributed by atoms with Crippen LogP contribution in [0.4, 0.5) is 0 Å². The Labute approximate surface area is 99.0 Å². The number of hydrogen-bond acceptors (Lipinski definition) is 4. The van der Waals surface area contributed by atoms with Crippen LogP contribution in [-0.2, 0) is 10.5 Å². The summed E-state index contributed by atoms with van der Waals surface area (Å²) in [6.07, 6.45) is 0. The molecule has 1 atom stereocenters. The maximum atomic E-state index is 10.6. The first-order chi connectivity index (χ1) is 7.52. The van der Waals surface area contributed by atoms with Gasteiger partial charge in [0, 0.05) is 23.6 Å². The fourth-order valence-corrected chi connectivity index (χ4v) is 1.89. The zero-order chi connectivity index (χ0) is 12.1. The highest BCUT2D eigenvalue weighted by atomic mass is 32.2. The van der Waals surface area contributed by atoms with E-state index in [1.807, 2.05) is 19.1 Å². The molecule has 5 heteroatoms. The second kappa shape index (κ2) is 5.75. The Kier molecular flexibility index (Phi) is 4.61. The number of carbonyl (C=O) groups is 1. The van der Waals surface area contributed by atoms with Gasteiger partial charge in [-0.1, -0.05) is 0 Å². The smallest absolute Gasteiger partial charge is 0.316 e. The number of thioether (sulfide) groups is 1. The molecule has 0 spiro atoms. The quantitative estimate of drug-likeness (QED) is 0.855. The fraction of sp³-hybridized carbons (Fsp3) is 0.455. The number of carboxylic acids is 1. The van der Waals surface area contributed by atoms with E-state index in [4.69, 9.17) is 9.84 Å². The van der Waals surface area contributed by atoms with Crippen molar-refractivity contribution in [3.05, 3.63) is 23.5 Å². The summed E-state index contributed by atoms with van der Waals surface area (Å²) >= 11 is 1.35. The van der Waals surface area contributed by atoms with Gasteiger partial charge < -0.3 is 9.84 Å². The third-order valence-electron chi connectivity index (χ3n) is 2.04. The lowest BCUT2D eigenvalue weighted by Crippen LogP contribution is -2.11. The molecular formula is C11H15NO3S. The molecule has 16 heavy (non-hydrogen) atoms. The van der Waals surface area contributed by atoms with Crippen LogP contribution >= 0.6 is 11.8 Å². The average molecular weight is 241 g/mol. The molecule has 0 saturated carbocycles. The third kappa shape index (κ3) is 3.73. The Bertz CT molecular complexity index is 381. The molecule has 88 valence electrons. The summed E-state index contributed by atoms with van der Waals surface area (Å²) in [5.41, 5.74) is 1.72. The van der Waals surface area contributed by atoms with E-state index >= 15 is 0 Å². The van der Waals surface area contributed by atoms with Crippen molar-refractivity contribution in [2.45, 2.75) is 24.9 Å². The molecule has 0 aliphatic rings.